The Morgan fingerprint density at radius 2 is 1.86 bits per heavy atom. The van der Waals surface area contributed by atoms with Crippen molar-refractivity contribution in [3.63, 3.8) is 0 Å². The van der Waals surface area contributed by atoms with Crippen molar-refractivity contribution >= 4 is 39.1 Å². The molecule has 0 unspecified atom stereocenters. The van der Waals surface area contributed by atoms with Crippen molar-refractivity contribution in [2.45, 2.75) is 46.4 Å². The number of halogens is 2. The molecule has 29 heavy (non-hydrogen) atoms. The van der Waals surface area contributed by atoms with Crippen LogP contribution in [0.5, 0.6) is 5.75 Å². The lowest BCUT2D eigenvalue weighted by Crippen LogP contribution is -2.74. The van der Waals surface area contributed by atoms with E-state index in [1.807, 2.05) is 23.1 Å². The van der Waals surface area contributed by atoms with Crippen LogP contribution >= 0.6 is 27.5 Å². The summed E-state index contributed by atoms with van der Waals surface area (Å²) in [6, 6.07) is 11.0. The minimum absolute atomic E-state index is 0.0386. The molecule has 1 saturated carbocycles. The first-order valence-electron chi connectivity index (χ1n) is 9.50. The van der Waals surface area contributed by atoms with Crippen LogP contribution in [0.15, 0.2) is 40.9 Å². The molecule has 0 bridgehead atoms. The summed E-state index contributed by atoms with van der Waals surface area (Å²) in [5, 5.41) is 0.389. The number of hydrogen-bond acceptors (Lipinski definition) is 2. The molecule has 2 aliphatic rings. The minimum atomic E-state index is -0.247. The molecule has 1 heterocycles. The highest BCUT2D eigenvalue weighted by Gasteiger charge is 2.66. The van der Waals surface area contributed by atoms with Gasteiger partial charge in [-0.05, 0) is 35.9 Å². The number of carbonyl (C=O) groups is 1. The normalized spacial score (nSPS) is 23.9. The molecule has 0 radical (unpaired) electrons. The number of fused-ring (bicyclic) bond motifs is 1. The maximum Gasteiger partial charge on any atom is 0.254 e. The number of ether oxygens (including phenoxy) is 1. The van der Waals surface area contributed by atoms with Gasteiger partial charge in [0.25, 0.3) is 5.91 Å². The third-order valence-corrected chi connectivity index (χ3v) is 7.06. The second-order valence-corrected chi connectivity index (χ2v) is 10.3. The maximum atomic E-state index is 13.1. The number of nitrogens with zero attached hydrogens (tertiary/aromatic N) is 2. The Kier molecular flexibility index (Phi) is 4.72. The van der Waals surface area contributed by atoms with E-state index in [2.05, 4.69) is 48.5 Å². The number of amides is 1. The first kappa shape index (κ1) is 20.3. The number of carbonyl (C=O) groups excluding carboxylic acids is 1. The molecule has 1 aliphatic heterocycles. The SMILES string of the molecule is [C-]#[N+]c1ccc(OC2C(C)(C)C(N3Cc4cc(Br)ccc4C3=O)C2(C)C)cc1Cl. The zero-order chi connectivity index (χ0) is 21.1. The summed E-state index contributed by atoms with van der Waals surface area (Å²) in [6.45, 7) is 16.3. The van der Waals surface area contributed by atoms with Gasteiger partial charge in [-0.2, -0.15) is 0 Å². The van der Waals surface area contributed by atoms with Gasteiger partial charge in [0.05, 0.1) is 11.6 Å². The van der Waals surface area contributed by atoms with E-state index in [9.17, 15) is 4.79 Å². The van der Waals surface area contributed by atoms with Crippen LogP contribution in [0, 0.1) is 17.4 Å². The molecule has 1 fully saturated rings. The van der Waals surface area contributed by atoms with Crippen molar-refractivity contribution in [2.75, 3.05) is 0 Å². The van der Waals surface area contributed by atoms with Gasteiger partial charge in [0.1, 0.15) is 11.9 Å². The van der Waals surface area contributed by atoms with Crippen molar-refractivity contribution in [1.82, 2.24) is 4.90 Å². The fraction of sp³-hybridized carbons (Fsp3) is 0.391. The predicted octanol–water partition coefficient (Wildman–Crippen LogP) is 6.49. The standard InChI is InChI=1S/C23H22BrClN2O2/c1-22(2)20(27-12-13-10-14(24)6-8-16(13)19(27)28)23(3,4)21(22)29-15-7-9-18(26-5)17(25)11-15/h6-11,20-21H,12H2,1-4H3. The van der Waals surface area contributed by atoms with Crippen molar-refractivity contribution in [3.8, 4) is 5.75 Å². The summed E-state index contributed by atoms with van der Waals surface area (Å²) in [6.07, 6.45) is -0.0990. The Morgan fingerprint density at radius 3 is 2.48 bits per heavy atom. The monoisotopic (exact) mass is 472 g/mol. The molecule has 6 heteroatoms. The van der Waals surface area contributed by atoms with Crippen molar-refractivity contribution in [2.24, 2.45) is 10.8 Å². The summed E-state index contributed by atoms with van der Waals surface area (Å²) >= 11 is 9.68. The zero-order valence-corrected chi connectivity index (χ0v) is 19.1. The summed E-state index contributed by atoms with van der Waals surface area (Å²) in [5.41, 5.74) is 1.76. The molecular formula is C23H22BrClN2O2. The van der Waals surface area contributed by atoms with E-state index in [0.717, 1.165) is 15.6 Å². The third-order valence-electron chi connectivity index (χ3n) is 6.27. The molecular weight excluding hydrogens is 452 g/mol. The molecule has 0 saturated heterocycles. The molecule has 1 aliphatic carbocycles. The molecule has 0 aromatic heterocycles. The second kappa shape index (κ2) is 6.75. The van der Waals surface area contributed by atoms with E-state index < -0.39 is 0 Å². The topological polar surface area (TPSA) is 33.9 Å². The van der Waals surface area contributed by atoms with Gasteiger partial charge in [-0.1, -0.05) is 61.3 Å². The molecule has 4 nitrogen and oxygen atoms in total. The van der Waals surface area contributed by atoms with Gasteiger partial charge < -0.3 is 9.64 Å². The highest BCUT2D eigenvalue weighted by Crippen LogP contribution is 2.59. The van der Waals surface area contributed by atoms with Gasteiger partial charge in [0.2, 0.25) is 5.69 Å². The smallest absolute Gasteiger partial charge is 0.254 e. The molecule has 4 rings (SSSR count). The molecule has 0 spiro atoms. The van der Waals surface area contributed by atoms with Gasteiger partial charge >= 0.3 is 0 Å². The first-order valence-corrected chi connectivity index (χ1v) is 10.7. The Morgan fingerprint density at radius 1 is 1.17 bits per heavy atom. The Bertz CT molecular complexity index is 1040. The fourth-order valence-corrected chi connectivity index (χ4v) is 6.14. The van der Waals surface area contributed by atoms with Crippen LogP contribution in [0.25, 0.3) is 4.85 Å². The van der Waals surface area contributed by atoms with Gasteiger partial charge in [-0.3, -0.25) is 4.79 Å². The highest BCUT2D eigenvalue weighted by atomic mass is 79.9. The number of hydrogen-bond donors (Lipinski definition) is 0. The Hall–Kier alpha value is -2.03. The molecule has 1 amide bonds. The zero-order valence-electron chi connectivity index (χ0n) is 16.8. The predicted molar refractivity (Wildman–Crippen MR) is 117 cm³/mol. The van der Waals surface area contributed by atoms with Crippen LogP contribution in [-0.4, -0.2) is 23.0 Å². The van der Waals surface area contributed by atoms with E-state index in [1.54, 1.807) is 18.2 Å². The number of benzene rings is 2. The number of rotatable bonds is 3. The lowest BCUT2D eigenvalue weighted by atomic mass is 9.49. The molecule has 0 N–H and O–H groups in total. The first-order chi connectivity index (χ1) is 13.6. The second-order valence-electron chi connectivity index (χ2n) is 9.00. The summed E-state index contributed by atoms with van der Waals surface area (Å²) in [4.78, 5) is 18.5. The summed E-state index contributed by atoms with van der Waals surface area (Å²) < 4.78 is 7.33. The average molecular weight is 474 g/mol. The van der Waals surface area contributed by atoms with Gasteiger partial charge in [-0.15, -0.1) is 0 Å². The van der Waals surface area contributed by atoms with Crippen LogP contribution in [-0.2, 0) is 6.54 Å². The quantitative estimate of drug-likeness (QED) is 0.477. The Balaban J connectivity index is 1.60. The third kappa shape index (κ3) is 3.05. The van der Waals surface area contributed by atoms with Crippen molar-refractivity contribution in [3.05, 3.63) is 68.4 Å². The largest absolute Gasteiger partial charge is 0.489 e. The van der Waals surface area contributed by atoms with E-state index in [4.69, 9.17) is 22.9 Å². The van der Waals surface area contributed by atoms with Crippen LogP contribution in [0.4, 0.5) is 5.69 Å². The molecule has 2 aromatic carbocycles. The van der Waals surface area contributed by atoms with Crippen LogP contribution in [0.3, 0.4) is 0 Å². The minimum Gasteiger partial charge on any atom is -0.489 e. The lowest BCUT2D eigenvalue weighted by Gasteiger charge is -2.65. The molecule has 150 valence electrons. The van der Waals surface area contributed by atoms with Crippen molar-refractivity contribution < 1.29 is 9.53 Å². The van der Waals surface area contributed by atoms with E-state index in [-0.39, 0.29) is 28.9 Å². The summed E-state index contributed by atoms with van der Waals surface area (Å²) in [5.74, 6) is 0.730. The van der Waals surface area contributed by atoms with Crippen LogP contribution in [0.1, 0.15) is 43.6 Å². The van der Waals surface area contributed by atoms with Crippen LogP contribution < -0.4 is 4.74 Å². The van der Waals surface area contributed by atoms with Gasteiger partial charge in [-0.25, -0.2) is 4.85 Å². The van der Waals surface area contributed by atoms with Crippen molar-refractivity contribution in [1.29, 1.82) is 0 Å². The van der Waals surface area contributed by atoms with Gasteiger partial charge in [0, 0.05) is 33.5 Å². The maximum absolute atomic E-state index is 13.1. The van der Waals surface area contributed by atoms with E-state index >= 15 is 0 Å². The lowest BCUT2D eigenvalue weighted by molar-refractivity contribution is -0.199. The van der Waals surface area contributed by atoms with Crippen LogP contribution in [0.2, 0.25) is 5.02 Å². The highest BCUT2D eigenvalue weighted by molar-refractivity contribution is 9.10. The molecule has 2 aromatic rings. The molecule has 0 atom stereocenters. The van der Waals surface area contributed by atoms with E-state index in [1.165, 1.54) is 0 Å². The van der Waals surface area contributed by atoms with Gasteiger partial charge in [0.15, 0.2) is 0 Å². The fourth-order valence-electron chi connectivity index (χ4n) is 5.52. The average Bonchev–Trinajstić information content (AvgIpc) is 2.94. The summed E-state index contributed by atoms with van der Waals surface area (Å²) in [7, 11) is 0. The Labute approximate surface area is 184 Å². The van der Waals surface area contributed by atoms with E-state index in [0.29, 0.717) is 23.0 Å².